The maximum atomic E-state index is 11.2. The Morgan fingerprint density at radius 2 is 2.33 bits per heavy atom. The van der Waals surface area contributed by atoms with Crippen LogP contribution in [0.25, 0.3) is 0 Å². The Balaban J connectivity index is 3.19. The van der Waals surface area contributed by atoms with Crippen LogP contribution in [0, 0.1) is 11.3 Å². The molecule has 6 heteroatoms. The van der Waals surface area contributed by atoms with Crippen molar-refractivity contribution >= 4 is 27.7 Å². The zero-order valence-corrected chi connectivity index (χ0v) is 11.8. The minimum Gasteiger partial charge on any atom is -0.478 e. The summed E-state index contributed by atoms with van der Waals surface area (Å²) in [5, 5.41) is 17.8. The van der Waals surface area contributed by atoms with Gasteiger partial charge in [-0.2, -0.15) is 5.26 Å². The van der Waals surface area contributed by atoms with E-state index in [1.165, 1.54) is 6.07 Å². The fraction of sp³-hybridized carbons (Fsp3) is 0.417. The smallest absolute Gasteiger partial charge is 0.339 e. The first-order valence-electron chi connectivity index (χ1n) is 5.49. The van der Waals surface area contributed by atoms with Gasteiger partial charge in [-0.05, 0) is 35.8 Å². The molecule has 0 fully saturated rings. The number of carbonyl (C=O) groups is 1. The van der Waals surface area contributed by atoms with Gasteiger partial charge < -0.3 is 10.0 Å². The molecule has 0 aliphatic heterocycles. The molecule has 0 bridgehead atoms. The molecule has 1 heterocycles. The van der Waals surface area contributed by atoms with Gasteiger partial charge in [-0.25, -0.2) is 9.78 Å². The number of rotatable bonds is 5. The van der Waals surface area contributed by atoms with Crippen LogP contribution in [0.2, 0.25) is 0 Å². The summed E-state index contributed by atoms with van der Waals surface area (Å²) < 4.78 is 0.618. The number of anilines is 1. The molecule has 1 aromatic heterocycles. The predicted octanol–water partition coefficient (Wildman–Crippen LogP) is 2.67. The molecule has 0 aromatic carbocycles. The van der Waals surface area contributed by atoms with E-state index < -0.39 is 5.97 Å². The highest BCUT2D eigenvalue weighted by atomic mass is 79.9. The van der Waals surface area contributed by atoms with Crippen molar-refractivity contribution in [3.05, 3.63) is 22.3 Å². The fourth-order valence-electron chi connectivity index (χ4n) is 1.60. The average molecular weight is 312 g/mol. The highest BCUT2D eigenvalue weighted by molar-refractivity contribution is 9.10. The number of nitriles is 1. The molecular weight excluding hydrogens is 298 g/mol. The fourth-order valence-corrected chi connectivity index (χ4v) is 1.93. The molecule has 0 amide bonds. The average Bonchev–Trinajstić information content (AvgIpc) is 2.30. The SMILES string of the molecule is CC(C)N(CCC#N)c1ncc(Br)cc1C(=O)O. The Hall–Kier alpha value is -1.61. The van der Waals surface area contributed by atoms with Gasteiger partial charge in [0, 0.05) is 23.3 Å². The number of nitrogens with zero attached hydrogens (tertiary/aromatic N) is 3. The third kappa shape index (κ3) is 3.44. The third-order valence-electron chi connectivity index (χ3n) is 2.42. The van der Waals surface area contributed by atoms with Crippen LogP contribution in [0.15, 0.2) is 16.7 Å². The molecular formula is C12H14BrN3O2. The zero-order chi connectivity index (χ0) is 13.7. The first-order chi connectivity index (χ1) is 8.47. The van der Waals surface area contributed by atoms with Crippen molar-refractivity contribution in [3.8, 4) is 6.07 Å². The second kappa shape index (κ2) is 6.36. The molecule has 1 aromatic rings. The maximum absolute atomic E-state index is 11.2. The van der Waals surface area contributed by atoms with E-state index in [0.717, 1.165) is 0 Å². The second-order valence-corrected chi connectivity index (χ2v) is 4.94. The van der Waals surface area contributed by atoms with E-state index in [9.17, 15) is 9.90 Å². The summed E-state index contributed by atoms with van der Waals surface area (Å²) in [5.41, 5.74) is 0.135. The molecule has 5 nitrogen and oxygen atoms in total. The molecule has 96 valence electrons. The quantitative estimate of drug-likeness (QED) is 0.904. The van der Waals surface area contributed by atoms with Crippen molar-refractivity contribution in [1.29, 1.82) is 5.26 Å². The topological polar surface area (TPSA) is 77.2 Å². The van der Waals surface area contributed by atoms with E-state index in [1.54, 1.807) is 6.20 Å². The molecule has 0 aliphatic rings. The van der Waals surface area contributed by atoms with Crippen LogP contribution < -0.4 is 4.90 Å². The summed E-state index contributed by atoms with van der Waals surface area (Å²) in [6.45, 7) is 4.34. The summed E-state index contributed by atoms with van der Waals surface area (Å²) >= 11 is 3.21. The van der Waals surface area contributed by atoms with Gasteiger partial charge in [-0.15, -0.1) is 0 Å². The summed E-state index contributed by atoms with van der Waals surface area (Å²) in [7, 11) is 0. The van der Waals surface area contributed by atoms with E-state index in [-0.39, 0.29) is 11.6 Å². The Morgan fingerprint density at radius 1 is 1.67 bits per heavy atom. The number of pyridine rings is 1. The van der Waals surface area contributed by atoms with Crippen molar-refractivity contribution in [2.24, 2.45) is 0 Å². The van der Waals surface area contributed by atoms with E-state index in [1.807, 2.05) is 18.7 Å². The molecule has 0 saturated carbocycles. The summed E-state index contributed by atoms with van der Waals surface area (Å²) in [6.07, 6.45) is 1.89. The second-order valence-electron chi connectivity index (χ2n) is 4.03. The minimum atomic E-state index is -1.03. The Morgan fingerprint density at radius 3 is 2.83 bits per heavy atom. The first-order valence-corrected chi connectivity index (χ1v) is 6.29. The van der Waals surface area contributed by atoms with Crippen LogP contribution in [0.5, 0.6) is 0 Å². The molecule has 0 spiro atoms. The zero-order valence-electron chi connectivity index (χ0n) is 10.2. The summed E-state index contributed by atoms with van der Waals surface area (Å²) in [4.78, 5) is 17.2. The van der Waals surface area contributed by atoms with Crippen LogP contribution in [0.1, 0.15) is 30.6 Å². The normalized spacial score (nSPS) is 10.2. The van der Waals surface area contributed by atoms with E-state index >= 15 is 0 Å². The molecule has 0 radical (unpaired) electrons. The summed E-state index contributed by atoms with van der Waals surface area (Å²) in [5.74, 6) is -0.627. The Bertz CT molecular complexity index is 483. The van der Waals surface area contributed by atoms with Gasteiger partial charge in [-0.3, -0.25) is 0 Å². The standard InChI is InChI=1S/C12H14BrN3O2/c1-8(2)16(5-3-4-14)11-10(12(17)18)6-9(13)7-15-11/h6-8H,3,5H2,1-2H3,(H,17,18). The Kier molecular flexibility index (Phi) is 5.10. The predicted molar refractivity (Wildman–Crippen MR) is 71.6 cm³/mol. The Labute approximate surface area is 114 Å². The van der Waals surface area contributed by atoms with Gasteiger partial charge in [0.15, 0.2) is 0 Å². The lowest BCUT2D eigenvalue weighted by Gasteiger charge is -2.28. The monoisotopic (exact) mass is 311 g/mol. The largest absolute Gasteiger partial charge is 0.478 e. The lowest BCUT2D eigenvalue weighted by Crippen LogP contribution is -2.33. The van der Waals surface area contributed by atoms with E-state index in [2.05, 4.69) is 27.0 Å². The third-order valence-corrected chi connectivity index (χ3v) is 2.86. The van der Waals surface area contributed by atoms with Gasteiger partial charge in [0.05, 0.1) is 12.5 Å². The van der Waals surface area contributed by atoms with Crippen LogP contribution in [0.4, 0.5) is 5.82 Å². The van der Waals surface area contributed by atoms with Crippen molar-refractivity contribution in [1.82, 2.24) is 4.98 Å². The van der Waals surface area contributed by atoms with Gasteiger partial charge in [-0.1, -0.05) is 0 Å². The van der Waals surface area contributed by atoms with Crippen molar-refractivity contribution < 1.29 is 9.90 Å². The lowest BCUT2D eigenvalue weighted by molar-refractivity contribution is 0.0697. The van der Waals surface area contributed by atoms with Crippen molar-refractivity contribution in [3.63, 3.8) is 0 Å². The van der Waals surface area contributed by atoms with Gasteiger partial charge in [0.2, 0.25) is 0 Å². The maximum Gasteiger partial charge on any atom is 0.339 e. The number of carboxylic acid groups (broad SMARTS) is 1. The number of carboxylic acids is 1. The van der Waals surface area contributed by atoms with Gasteiger partial charge >= 0.3 is 5.97 Å². The van der Waals surface area contributed by atoms with Crippen molar-refractivity contribution in [2.75, 3.05) is 11.4 Å². The number of aromatic carboxylic acids is 1. The first kappa shape index (κ1) is 14.5. The van der Waals surface area contributed by atoms with Crippen LogP contribution in [0.3, 0.4) is 0 Å². The number of halogens is 1. The number of aromatic nitrogens is 1. The van der Waals surface area contributed by atoms with Crippen LogP contribution >= 0.6 is 15.9 Å². The summed E-state index contributed by atoms with van der Waals surface area (Å²) in [6, 6.07) is 3.65. The van der Waals surface area contributed by atoms with Crippen LogP contribution in [-0.4, -0.2) is 28.6 Å². The molecule has 1 N–H and O–H groups in total. The van der Waals surface area contributed by atoms with E-state index in [4.69, 9.17) is 5.26 Å². The van der Waals surface area contributed by atoms with Crippen LogP contribution in [-0.2, 0) is 0 Å². The molecule has 0 aliphatic carbocycles. The van der Waals surface area contributed by atoms with E-state index in [0.29, 0.717) is 23.3 Å². The number of hydrogen-bond acceptors (Lipinski definition) is 4. The van der Waals surface area contributed by atoms with Gasteiger partial charge in [0.1, 0.15) is 11.4 Å². The molecule has 1 rings (SSSR count). The highest BCUT2D eigenvalue weighted by Crippen LogP contribution is 2.23. The molecule has 0 atom stereocenters. The van der Waals surface area contributed by atoms with Gasteiger partial charge in [0.25, 0.3) is 0 Å². The minimum absolute atomic E-state index is 0.0742. The van der Waals surface area contributed by atoms with Crippen molar-refractivity contribution in [2.45, 2.75) is 26.3 Å². The molecule has 18 heavy (non-hydrogen) atoms. The lowest BCUT2D eigenvalue weighted by atomic mass is 10.2. The highest BCUT2D eigenvalue weighted by Gasteiger charge is 2.20. The molecule has 0 saturated heterocycles. The number of hydrogen-bond donors (Lipinski definition) is 1. The molecule has 0 unspecified atom stereocenters.